The average Bonchev–Trinajstić information content (AvgIpc) is 3.30. The molecule has 0 aliphatic carbocycles. The fourth-order valence-electron chi connectivity index (χ4n) is 3.62. The summed E-state index contributed by atoms with van der Waals surface area (Å²) in [6, 6.07) is 0. The van der Waals surface area contributed by atoms with Crippen molar-refractivity contribution < 1.29 is 18.6 Å². The predicted molar refractivity (Wildman–Crippen MR) is 83.4 cm³/mol. The van der Waals surface area contributed by atoms with Gasteiger partial charge in [-0.3, -0.25) is 4.79 Å². The summed E-state index contributed by atoms with van der Waals surface area (Å²) in [6.45, 7) is 4.87. The van der Waals surface area contributed by atoms with Crippen LogP contribution in [0, 0.1) is 13.8 Å². The molecule has 4 heterocycles. The van der Waals surface area contributed by atoms with Crippen LogP contribution in [0.3, 0.4) is 0 Å². The highest BCUT2D eigenvalue weighted by Gasteiger charge is 2.45. The molecule has 2 fully saturated rings. The number of aryl methyl sites for hydroxylation is 2. The largest absolute Gasteiger partial charge is 0.362 e. The highest BCUT2D eigenvalue weighted by Crippen LogP contribution is 2.44. The lowest BCUT2D eigenvalue weighted by Gasteiger charge is -2.38. The van der Waals surface area contributed by atoms with Crippen molar-refractivity contribution in [1.82, 2.24) is 25.2 Å². The fraction of sp³-hybridized carbons (Fsp3) is 0.688. The first-order valence-corrected chi connectivity index (χ1v) is 8.58. The zero-order valence-corrected chi connectivity index (χ0v) is 14.4. The first-order valence-electron chi connectivity index (χ1n) is 8.58. The number of amides is 1. The van der Waals surface area contributed by atoms with Crippen LogP contribution < -0.4 is 0 Å². The first-order chi connectivity index (χ1) is 12.0. The maximum absolute atomic E-state index is 12.4. The molecule has 25 heavy (non-hydrogen) atoms. The van der Waals surface area contributed by atoms with E-state index in [0.717, 1.165) is 25.7 Å². The second-order valence-electron chi connectivity index (χ2n) is 6.80. The molecule has 2 aliphatic rings. The van der Waals surface area contributed by atoms with E-state index in [1.165, 1.54) is 0 Å². The Hall–Kier alpha value is -2.29. The minimum atomic E-state index is -0.190. The van der Waals surface area contributed by atoms with Gasteiger partial charge in [-0.25, -0.2) is 0 Å². The highest BCUT2D eigenvalue weighted by molar-refractivity contribution is 5.77. The quantitative estimate of drug-likeness (QED) is 0.822. The maximum atomic E-state index is 12.4. The van der Waals surface area contributed by atoms with Gasteiger partial charge < -0.3 is 18.7 Å². The normalized spacial score (nSPS) is 22.6. The molecule has 4 rings (SSSR count). The monoisotopic (exact) mass is 347 g/mol. The Kier molecular flexibility index (Phi) is 4.03. The summed E-state index contributed by atoms with van der Waals surface area (Å²) in [5.41, 5.74) is -0.190. The van der Waals surface area contributed by atoms with E-state index in [9.17, 15) is 4.79 Å². The summed E-state index contributed by atoms with van der Waals surface area (Å²) in [5, 5.41) is 7.55. The van der Waals surface area contributed by atoms with Crippen LogP contribution in [0.1, 0.15) is 55.2 Å². The molecule has 134 valence electrons. The Bertz CT molecular complexity index is 762. The molecule has 2 aliphatic heterocycles. The molecule has 0 bridgehead atoms. The van der Waals surface area contributed by atoms with Crippen molar-refractivity contribution in [1.29, 1.82) is 0 Å². The van der Waals surface area contributed by atoms with Gasteiger partial charge in [-0.1, -0.05) is 10.3 Å². The molecule has 0 radical (unpaired) electrons. The highest BCUT2D eigenvalue weighted by atomic mass is 16.5. The van der Waals surface area contributed by atoms with Gasteiger partial charge in [0.05, 0.1) is 5.60 Å². The third-order valence-corrected chi connectivity index (χ3v) is 4.97. The number of hydrogen-bond donors (Lipinski definition) is 0. The van der Waals surface area contributed by atoms with Crippen LogP contribution in [0.25, 0.3) is 0 Å². The minimum absolute atomic E-state index is 0.0144. The van der Waals surface area contributed by atoms with E-state index in [-0.39, 0.29) is 24.0 Å². The van der Waals surface area contributed by atoms with E-state index >= 15 is 0 Å². The average molecular weight is 347 g/mol. The van der Waals surface area contributed by atoms with Gasteiger partial charge in [0.1, 0.15) is 12.5 Å². The van der Waals surface area contributed by atoms with Crippen LogP contribution >= 0.6 is 0 Å². The third kappa shape index (κ3) is 3.28. The number of ether oxygens (including phenoxy) is 1. The van der Waals surface area contributed by atoms with E-state index < -0.39 is 0 Å². The number of hydrogen-bond acceptors (Lipinski definition) is 8. The summed E-state index contributed by atoms with van der Waals surface area (Å²) in [5.74, 6) is 2.10. The van der Waals surface area contributed by atoms with Crippen LogP contribution in [0.15, 0.2) is 9.05 Å². The summed E-state index contributed by atoms with van der Waals surface area (Å²) in [4.78, 5) is 22.6. The van der Waals surface area contributed by atoms with E-state index in [0.29, 0.717) is 36.5 Å². The number of nitrogens with zero attached hydrogens (tertiary/aromatic N) is 5. The van der Waals surface area contributed by atoms with Gasteiger partial charge in [-0.2, -0.15) is 9.97 Å². The molecule has 0 N–H and O–H groups in total. The third-order valence-electron chi connectivity index (χ3n) is 4.97. The van der Waals surface area contributed by atoms with E-state index in [2.05, 4.69) is 20.3 Å². The number of piperidine rings is 1. The van der Waals surface area contributed by atoms with Gasteiger partial charge in [0.2, 0.25) is 11.8 Å². The molecule has 1 unspecified atom stereocenters. The molecule has 2 aromatic heterocycles. The molecular formula is C16H21N5O4. The lowest BCUT2D eigenvalue weighted by Crippen LogP contribution is -2.46. The zero-order chi connectivity index (χ0) is 17.4. The molecule has 2 saturated heterocycles. The van der Waals surface area contributed by atoms with Crippen LogP contribution in [-0.2, 0) is 16.0 Å². The van der Waals surface area contributed by atoms with Crippen LogP contribution in [0.5, 0.6) is 0 Å². The molecule has 9 nitrogen and oxygen atoms in total. The van der Waals surface area contributed by atoms with E-state index in [4.69, 9.17) is 13.8 Å². The lowest BCUT2D eigenvalue weighted by atomic mass is 9.88. The Morgan fingerprint density at radius 1 is 1.12 bits per heavy atom. The van der Waals surface area contributed by atoms with Crippen molar-refractivity contribution in [2.24, 2.45) is 0 Å². The minimum Gasteiger partial charge on any atom is -0.362 e. The topological polar surface area (TPSA) is 107 Å². The van der Waals surface area contributed by atoms with E-state index in [1.54, 1.807) is 13.8 Å². The van der Waals surface area contributed by atoms with Crippen molar-refractivity contribution in [2.45, 2.75) is 57.7 Å². The maximum Gasteiger partial charge on any atom is 0.255 e. The number of carbonyl (C=O) groups excluding carboxylic acids is 1. The molecule has 2 aromatic rings. The molecule has 9 heteroatoms. The van der Waals surface area contributed by atoms with Crippen molar-refractivity contribution in [3.63, 3.8) is 0 Å². The van der Waals surface area contributed by atoms with Crippen molar-refractivity contribution >= 4 is 5.91 Å². The smallest absolute Gasteiger partial charge is 0.255 e. The molecule has 1 atom stereocenters. The van der Waals surface area contributed by atoms with Crippen LogP contribution in [-0.4, -0.2) is 49.8 Å². The Morgan fingerprint density at radius 2 is 1.84 bits per heavy atom. The predicted octanol–water partition coefficient (Wildman–Crippen LogP) is 1.52. The van der Waals surface area contributed by atoms with Crippen molar-refractivity contribution in [2.75, 3.05) is 13.1 Å². The van der Waals surface area contributed by atoms with Gasteiger partial charge in [0.15, 0.2) is 11.6 Å². The molecule has 1 amide bonds. The second-order valence-corrected chi connectivity index (χ2v) is 6.80. The van der Waals surface area contributed by atoms with Gasteiger partial charge >= 0.3 is 0 Å². The molecule has 0 saturated carbocycles. The van der Waals surface area contributed by atoms with Gasteiger partial charge in [0.25, 0.3) is 5.89 Å². The fourth-order valence-corrected chi connectivity index (χ4v) is 3.62. The SMILES string of the molecule is Cc1noc(CC(=O)N2CCC3(CCC(c4nc(C)no4)O3)CC2)n1. The summed E-state index contributed by atoms with van der Waals surface area (Å²) >= 11 is 0. The Labute approximate surface area is 144 Å². The molecule has 1 spiro atoms. The van der Waals surface area contributed by atoms with Crippen molar-refractivity contribution in [3.8, 4) is 0 Å². The first kappa shape index (κ1) is 16.2. The van der Waals surface area contributed by atoms with Gasteiger partial charge in [-0.05, 0) is 39.5 Å². The summed E-state index contributed by atoms with van der Waals surface area (Å²) in [6.07, 6.45) is 3.46. The second kappa shape index (κ2) is 6.21. The van der Waals surface area contributed by atoms with Crippen LogP contribution in [0.4, 0.5) is 0 Å². The zero-order valence-electron chi connectivity index (χ0n) is 14.4. The lowest BCUT2D eigenvalue weighted by molar-refractivity contribution is -0.138. The summed E-state index contributed by atoms with van der Waals surface area (Å²) in [7, 11) is 0. The van der Waals surface area contributed by atoms with E-state index in [1.807, 2.05) is 4.90 Å². The number of aromatic nitrogens is 4. The molecular weight excluding hydrogens is 326 g/mol. The number of carbonyl (C=O) groups is 1. The standard InChI is InChI=1S/C16H21N5O4/c1-10-17-13(24-19-10)9-14(22)21-7-5-16(6-8-21)4-3-12(23-16)15-18-11(2)20-25-15/h12H,3-9H2,1-2H3. The van der Waals surface area contributed by atoms with Crippen molar-refractivity contribution in [3.05, 3.63) is 23.4 Å². The van der Waals surface area contributed by atoms with Gasteiger partial charge in [-0.15, -0.1) is 0 Å². The Morgan fingerprint density at radius 3 is 2.48 bits per heavy atom. The van der Waals surface area contributed by atoms with Gasteiger partial charge in [0, 0.05) is 13.1 Å². The molecule has 0 aromatic carbocycles. The Balaban J connectivity index is 1.33. The number of rotatable bonds is 3. The number of likely N-dealkylation sites (tertiary alicyclic amines) is 1. The summed E-state index contributed by atoms with van der Waals surface area (Å²) < 4.78 is 16.5. The van der Waals surface area contributed by atoms with Crippen LogP contribution in [0.2, 0.25) is 0 Å².